The molecule has 0 heterocycles. The van der Waals surface area contributed by atoms with Crippen molar-refractivity contribution in [3.63, 3.8) is 0 Å². The number of aromatic hydroxyl groups is 1. The van der Waals surface area contributed by atoms with Crippen LogP contribution in [-0.4, -0.2) is 28.3 Å². The molecule has 0 saturated heterocycles. The minimum absolute atomic E-state index is 0.126. The van der Waals surface area contributed by atoms with Gasteiger partial charge in [-0.15, -0.1) is 0 Å². The summed E-state index contributed by atoms with van der Waals surface area (Å²) in [5.41, 5.74) is 0.879. The fraction of sp³-hybridized carbons (Fsp3) is 0.500. The normalized spacial score (nSPS) is 17.0. The Kier molecular flexibility index (Phi) is 3.57. The van der Waals surface area contributed by atoms with Crippen molar-refractivity contribution in [3.05, 3.63) is 29.3 Å². The number of aryl methyl sites for hydroxylation is 1. The van der Waals surface area contributed by atoms with Crippen LogP contribution in [0.4, 0.5) is 0 Å². The van der Waals surface area contributed by atoms with E-state index in [1.54, 1.807) is 12.1 Å². The first-order valence-electron chi connectivity index (χ1n) is 6.26. The monoisotopic (exact) mass is 249 g/mol. The van der Waals surface area contributed by atoms with Crippen molar-refractivity contribution in [2.75, 3.05) is 6.54 Å². The van der Waals surface area contributed by atoms with Crippen LogP contribution >= 0.6 is 0 Å². The van der Waals surface area contributed by atoms with E-state index < -0.39 is 5.60 Å². The predicted molar refractivity (Wildman–Crippen MR) is 68.4 cm³/mol. The number of aliphatic hydroxyl groups is 1. The maximum absolute atomic E-state index is 11.7. The largest absolute Gasteiger partial charge is 0.508 e. The molecule has 1 amide bonds. The summed E-state index contributed by atoms with van der Waals surface area (Å²) in [6, 6.07) is 5.22. The average Bonchev–Trinajstić information content (AvgIpc) is 2.29. The van der Waals surface area contributed by atoms with E-state index in [9.17, 15) is 15.0 Å². The Morgan fingerprint density at radius 2 is 2.17 bits per heavy atom. The molecule has 1 aromatic carbocycles. The Morgan fingerprint density at radius 3 is 2.72 bits per heavy atom. The molecule has 4 heteroatoms. The van der Waals surface area contributed by atoms with Gasteiger partial charge in [0.2, 0.25) is 5.91 Å². The first-order valence-corrected chi connectivity index (χ1v) is 6.26. The molecule has 98 valence electrons. The average molecular weight is 249 g/mol. The van der Waals surface area contributed by atoms with Crippen molar-refractivity contribution in [2.24, 2.45) is 0 Å². The zero-order valence-corrected chi connectivity index (χ0v) is 10.6. The fourth-order valence-corrected chi connectivity index (χ4v) is 2.04. The van der Waals surface area contributed by atoms with Crippen molar-refractivity contribution in [1.29, 1.82) is 0 Å². The van der Waals surface area contributed by atoms with Gasteiger partial charge in [0.1, 0.15) is 5.75 Å². The van der Waals surface area contributed by atoms with Gasteiger partial charge in [-0.2, -0.15) is 0 Å². The number of carbonyl (C=O) groups is 1. The molecule has 3 N–H and O–H groups in total. The molecule has 18 heavy (non-hydrogen) atoms. The van der Waals surface area contributed by atoms with Crippen LogP contribution in [0.1, 0.15) is 30.4 Å². The summed E-state index contributed by atoms with van der Waals surface area (Å²) in [4.78, 5) is 11.7. The van der Waals surface area contributed by atoms with Crippen molar-refractivity contribution < 1.29 is 15.0 Å². The number of hydrogen-bond acceptors (Lipinski definition) is 3. The summed E-state index contributed by atoms with van der Waals surface area (Å²) in [5, 5.41) is 22.1. The highest BCUT2D eigenvalue weighted by atomic mass is 16.3. The maximum atomic E-state index is 11.7. The number of nitrogens with one attached hydrogen (secondary N) is 1. The van der Waals surface area contributed by atoms with Gasteiger partial charge in [-0.25, -0.2) is 0 Å². The molecule has 0 unspecified atom stereocenters. The molecular formula is C14H19NO3. The topological polar surface area (TPSA) is 69.6 Å². The molecule has 1 aliphatic rings. The van der Waals surface area contributed by atoms with Crippen molar-refractivity contribution >= 4 is 5.91 Å². The molecule has 0 radical (unpaired) electrons. The van der Waals surface area contributed by atoms with Crippen LogP contribution in [-0.2, 0) is 11.2 Å². The molecule has 0 aliphatic heterocycles. The molecule has 1 aliphatic carbocycles. The zero-order chi connectivity index (χ0) is 13.2. The summed E-state index contributed by atoms with van der Waals surface area (Å²) in [7, 11) is 0. The highest BCUT2D eigenvalue weighted by Gasteiger charge is 2.34. The molecule has 1 saturated carbocycles. The Morgan fingerprint density at radius 1 is 1.44 bits per heavy atom. The van der Waals surface area contributed by atoms with Crippen LogP contribution in [0, 0.1) is 6.92 Å². The molecule has 0 spiro atoms. The van der Waals surface area contributed by atoms with E-state index in [0.717, 1.165) is 30.4 Å². The lowest BCUT2D eigenvalue weighted by Gasteiger charge is -2.36. The highest BCUT2D eigenvalue weighted by Crippen LogP contribution is 2.30. The second kappa shape index (κ2) is 4.98. The number of phenolic OH excluding ortho intramolecular Hbond substituents is 1. The molecule has 0 atom stereocenters. The summed E-state index contributed by atoms with van der Waals surface area (Å²) in [5.74, 6) is 0.0801. The van der Waals surface area contributed by atoms with Gasteiger partial charge in [-0.3, -0.25) is 4.79 Å². The van der Waals surface area contributed by atoms with Gasteiger partial charge in [0.05, 0.1) is 12.0 Å². The van der Waals surface area contributed by atoms with Crippen LogP contribution in [0.3, 0.4) is 0 Å². The zero-order valence-electron chi connectivity index (χ0n) is 10.6. The maximum Gasteiger partial charge on any atom is 0.224 e. The third-order valence-corrected chi connectivity index (χ3v) is 3.54. The van der Waals surface area contributed by atoms with E-state index in [2.05, 4.69) is 5.32 Å². The minimum Gasteiger partial charge on any atom is -0.508 e. The van der Waals surface area contributed by atoms with Crippen molar-refractivity contribution in [2.45, 2.75) is 38.2 Å². The summed E-state index contributed by atoms with van der Waals surface area (Å²) in [6.07, 6.45) is 2.78. The Bertz CT molecular complexity index is 452. The Balaban J connectivity index is 1.85. The standard InChI is InChI=1S/C14H19NO3/c1-10-3-4-11(7-12(10)16)8-13(17)15-9-14(18)5-2-6-14/h3-4,7,16,18H,2,5-6,8-9H2,1H3,(H,15,17). The van der Waals surface area contributed by atoms with E-state index >= 15 is 0 Å². The second-order valence-electron chi connectivity index (χ2n) is 5.15. The predicted octanol–water partition coefficient (Wildman–Crippen LogP) is 1.27. The lowest BCUT2D eigenvalue weighted by atomic mass is 9.80. The van der Waals surface area contributed by atoms with Gasteiger partial charge in [-0.05, 0) is 43.4 Å². The fourth-order valence-electron chi connectivity index (χ4n) is 2.04. The van der Waals surface area contributed by atoms with Crippen LogP contribution in [0.25, 0.3) is 0 Å². The van der Waals surface area contributed by atoms with Crippen molar-refractivity contribution in [3.8, 4) is 5.75 Å². The van der Waals surface area contributed by atoms with E-state index in [-0.39, 0.29) is 18.1 Å². The lowest BCUT2D eigenvalue weighted by molar-refractivity contribution is -0.122. The quantitative estimate of drug-likeness (QED) is 0.752. The molecule has 1 aromatic rings. The van der Waals surface area contributed by atoms with Gasteiger partial charge in [0.15, 0.2) is 0 Å². The Hall–Kier alpha value is -1.55. The van der Waals surface area contributed by atoms with Gasteiger partial charge >= 0.3 is 0 Å². The summed E-state index contributed by atoms with van der Waals surface area (Å²) in [6.45, 7) is 2.13. The van der Waals surface area contributed by atoms with Crippen LogP contribution < -0.4 is 5.32 Å². The molecule has 0 bridgehead atoms. The minimum atomic E-state index is -0.689. The smallest absolute Gasteiger partial charge is 0.224 e. The first-order chi connectivity index (χ1) is 8.48. The molecule has 2 rings (SSSR count). The highest BCUT2D eigenvalue weighted by molar-refractivity contribution is 5.78. The SMILES string of the molecule is Cc1ccc(CC(=O)NCC2(O)CCC2)cc1O. The molecule has 4 nitrogen and oxygen atoms in total. The van der Waals surface area contributed by atoms with E-state index in [0.29, 0.717) is 6.54 Å². The Labute approximate surface area is 107 Å². The molecule has 1 fully saturated rings. The van der Waals surface area contributed by atoms with Crippen LogP contribution in [0.5, 0.6) is 5.75 Å². The summed E-state index contributed by atoms with van der Waals surface area (Å²) >= 11 is 0. The lowest BCUT2D eigenvalue weighted by Crippen LogP contribution is -2.48. The number of carbonyl (C=O) groups excluding carboxylic acids is 1. The number of benzene rings is 1. The van der Waals surface area contributed by atoms with E-state index in [4.69, 9.17) is 0 Å². The van der Waals surface area contributed by atoms with Gasteiger partial charge in [0, 0.05) is 6.54 Å². The third-order valence-electron chi connectivity index (χ3n) is 3.54. The number of amides is 1. The number of rotatable bonds is 4. The van der Waals surface area contributed by atoms with Crippen LogP contribution in [0.2, 0.25) is 0 Å². The summed E-state index contributed by atoms with van der Waals surface area (Å²) < 4.78 is 0. The van der Waals surface area contributed by atoms with Crippen molar-refractivity contribution in [1.82, 2.24) is 5.32 Å². The number of phenols is 1. The molecule has 0 aromatic heterocycles. The third kappa shape index (κ3) is 3.01. The van der Waals surface area contributed by atoms with Gasteiger partial charge in [0.25, 0.3) is 0 Å². The second-order valence-corrected chi connectivity index (χ2v) is 5.15. The molecular weight excluding hydrogens is 230 g/mol. The van der Waals surface area contributed by atoms with E-state index in [1.165, 1.54) is 0 Å². The first kappa shape index (κ1) is 12.9. The van der Waals surface area contributed by atoms with Gasteiger partial charge < -0.3 is 15.5 Å². The number of hydrogen-bond donors (Lipinski definition) is 3. The van der Waals surface area contributed by atoms with Gasteiger partial charge in [-0.1, -0.05) is 12.1 Å². The van der Waals surface area contributed by atoms with E-state index in [1.807, 2.05) is 13.0 Å². The van der Waals surface area contributed by atoms with Crippen LogP contribution in [0.15, 0.2) is 18.2 Å².